The van der Waals surface area contributed by atoms with E-state index in [0.717, 1.165) is 0 Å². The first kappa shape index (κ1) is 12.8. The third-order valence-electron chi connectivity index (χ3n) is 2.98. The third-order valence-corrected chi connectivity index (χ3v) is 2.98. The van der Waals surface area contributed by atoms with Gasteiger partial charge < -0.3 is 15.0 Å². The molecule has 1 aromatic carbocycles. The van der Waals surface area contributed by atoms with Gasteiger partial charge in [0.1, 0.15) is 12.4 Å². The number of amides is 1. The number of carbonyl (C=O) groups excluding carboxylic acids is 1. The summed E-state index contributed by atoms with van der Waals surface area (Å²) in [5.74, 6) is -0.254. The van der Waals surface area contributed by atoms with Crippen LogP contribution >= 0.6 is 0 Å². The third kappa shape index (κ3) is 2.79. The average molecular weight is 252 g/mol. The molecule has 1 N–H and O–H groups in total. The molecule has 1 aromatic rings. The van der Waals surface area contributed by atoms with E-state index in [1.54, 1.807) is 23.1 Å². The lowest BCUT2D eigenvalue weighted by atomic mass is 10.1. The van der Waals surface area contributed by atoms with Gasteiger partial charge in [0.05, 0.1) is 12.6 Å². The highest BCUT2D eigenvalue weighted by atomic mass is 19.1. The van der Waals surface area contributed by atoms with Gasteiger partial charge >= 0.3 is 6.09 Å². The molecule has 1 heterocycles. The predicted molar refractivity (Wildman–Crippen MR) is 65.7 cm³/mol. The molecule has 0 aromatic heterocycles. The van der Waals surface area contributed by atoms with E-state index in [-0.39, 0.29) is 18.0 Å². The highest BCUT2D eigenvalue weighted by Crippen LogP contribution is 2.19. The van der Waals surface area contributed by atoms with Gasteiger partial charge in [-0.1, -0.05) is 25.1 Å². The number of carbonyl (C=O) groups is 1. The quantitative estimate of drug-likeness (QED) is 0.870. The second-order valence-electron chi connectivity index (χ2n) is 4.19. The predicted octanol–water partition coefficient (Wildman–Crippen LogP) is 1.93. The van der Waals surface area contributed by atoms with Crippen LogP contribution in [0.25, 0.3) is 0 Å². The summed E-state index contributed by atoms with van der Waals surface area (Å²) >= 11 is 0. The molecule has 1 unspecified atom stereocenters. The van der Waals surface area contributed by atoms with Gasteiger partial charge in [-0.05, 0) is 12.6 Å². The van der Waals surface area contributed by atoms with Gasteiger partial charge in [-0.15, -0.1) is 0 Å². The molecule has 4 nitrogen and oxygen atoms in total. The van der Waals surface area contributed by atoms with Gasteiger partial charge in [-0.3, -0.25) is 0 Å². The number of nitrogens with one attached hydrogen (secondary N) is 1. The molecule has 1 aliphatic heterocycles. The van der Waals surface area contributed by atoms with Gasteiger partial charge in [-0.2, -0.15) is 0 Å². The Labute approximate surface area is 106 Å². The van der Waals surface area contributed by atoms with Crippen molar-refractivity contribution in [3.8, 4) is 0 Å². The van der Waals surface area contributed by atoms with E-state index < -0.39 is 0 Å². The van der Waals surface area contributed by atoms with Crippen LogP contribution in [0.3, 0.4) is 0 Å². The molecule has 0 radical (unpaired) electrons. The van der Waals surface area contributed by atoms with Gasteiger partial charge in [0, 0.05) is 12.1 Å². The van der Waals surface area contributed by atoms with Crippen molar-refractivity contribution in [2.45, 2.75) is 13.0 Å². The summed E-state index contributed by atoms with van der Waals surface area (Å²) < 4.78 is 18.6. The summed E-state index contributed by atoms with van der Waals surface area (Å²) in [6.07, 6.45) is -0.325. The van der Waals surface area contributed by atoms with Gasteiger partial charge in [-0.25, -0.2) is 9.18 Å². The van der Waals surface area contributed by atoms with Crippen molar-refractivity contribution in [1.29, 1.82) is 0 Å². The van der Waals surface area contributed by atoms with E-state index in [0.29, 0.717) is 31.8 Å². The fourth-order valence-electron chi connectivity index (χ4n) is 2.09. The zero-order valence-corrected chi connectivity index (χ0v) is 10.4. The highest BCUT2D eigenvalue weighted by Gasteiger charge is 2.26. The molecular formula is C13H17FN2O2. The second-order valence-corrected chi connectivity index (χ2v) is 4.19. The van der Waals surface area contributed by atoms with E-state index in [1.807, 2.05) is 6.92 Å². The summed E-state index contributed by atoms with van der Waals surface area (Å²) in [6.45, 7) is 4.07. The minimum Gasteiger partial charge on any atom is -0.448 e. The molecule has 1 atom stereocenters. The Morgan fingerprint density at radius 2 is 2.28 bits per heavy atom. The summed E-state index contributed by atoms with van der Waals surface area (Å²) in [5, 5.41) is 3.20. The van der Waals surface area contributed by atoms with Crippen molar-refractivity contribution >= 4 is 6.09 Å². The minimum atomic E-state index is -0.325. The van der Waals surface area contributed by atoms with E-state index in [9.17, 15) is 9.18 Å². The zero-order valence-electron chi connectivity index (χ0n) is 10.4. The molecule has 1 aliphatic rings. The monoisotopic (exact) mass is 252 g/mol. The van der Waals surface area contributed by atoms with Crippen molar-refractivity contribution in [2.75, 3.05) is 26.2 Å². The first-order valence-electron chi connectivity index (χ1n) is 6.12. The maximum atomic E-state index is 13.8. The molecule has 0 aliphatic carbocycles. The Hall–Kier alpha value is -1.62. The number of likely N-dealkylation sites (N-methyl/N-ethyl adjacent to an activating group) is 1. The smallest absolute Gasteiger partial charge is 0.410 e. The normalized spacial score (nSPS) is 16.8. The molecule has 0 saturated carbocycles. The standard InChI is InChI=1S/C13H17FN2O2/c1-2-15-12(9-16-7-8-18-13(16)17)10-5-3-4-6-11(10)14/h3-6,12,15H,2,7-9H2,1H3. The number of halogens is 1. The second kappa shape index (κ2) is 5.82. The molecule has 0 bridgehead atoms. The van der Waals surface area contributed by atoms with Gasteiger partial charge in [0.2, 0.25) is 0 Å². The minimum absolute atomic E-state index is 0.207. The van der Waals surface area contributed by atoms with Crippen LogP contribution in [0.5, 0.6) is 0 Å². The van der Waals surface area contributed by atoms with E-state index in [4.69, 9.17) is 4.74 Å². The summed E-state index contributed by atoms with van der Waals surface area (Å²) in [7, 11) is 0. The largest absolute Gasteiger partial charge is 0.448 e. The Kier molecular flexibility index (Phi) is 4.15. The highest BCUT2D eigenvalue weighted by molar-refractivity contribution is 5.69. The number of cyclic esters (lactones) is 1. The lowest BCUT2D eigenvalue weighted by molar-refractivity contribution is 0.155. The number of benzene rings is 1. The molecule has 1 fully saturated rings. The van der Waals surface area contributed by atoms with Crippen molar-refractivity contribution in [3.05, 3.63) is 35.6 Å². The first-order valence-corrected chi connectivity index (χ1v) is 6.12. The Bertz CT molecular complexity index is 425. The Morgan fingerprint density at radius 1 is 1.50 bits per heavy atom. The molecule has 5 heteroatoms. The summed E-state index contributed by atoms with van der Waals surface area (Å²) in [4.78, 5) is 13.0. The maximum absolute atomic E-state index is 13.8. The van der Waals surface area contributed by atoms with Crippen LogP contribution in [0.4, 0.5) is 9.18 Å². The van der Waals surface area contributed by atoms with E-state index in [2.05, 4.69) is 5.32 Å². The Morgan fingerprint density at radius 3 is 2.89 bits per heavy atom. The number of nitrogens with zero attached hydrogens (tertiary/aromatic N) is 1. The molecular weight excluding hydrogens is 235 g/mol. The van der Waals surface area contributed by atoms with Crippen molar-refractivity contribution in [2.24, 2.45) is 0 Å². The van der Waals surface area contributed by atoms with Crippen LogP contribution in [0.1, 0.15) is 18.5 Å². The summed E-state index contributed by atoms with van der Waals surface area (Å²) in [5.41, 5.74) is 0.582. The number of rotatable bonds is 5. The van der Waals surface area contributed by atoms with Crippen molar-refractivity contribution in [3.63, 3.8) is 0 Å². The van der Waals surface area contributed by atoms with Crippen molar-refractivity contribution in [1.82, 2.24) is 10.2 Å². The fourth-order valence-corrected chi connectivity index (χ4v) is 2.09. The molecule has 2 rings (SSSR count). The molecule has 0 spiro atoms. The van der Waals surface area contributed by atoms with Crippen LogP contribution < -0.4 is 5.32 Å². The van der Waals surface area contributed by atoms with Crippen LogP contribution in [0.2, 0.25) is 0 Å². The summed E-state index contributed by atoms with van der Waals surface area (Å²) in [6, 6.07) is 6.42. The van der Waals surface area contributed by atoms with Crippen LogP contribution in [0.15, 0.2) is 24.3 Å². The molecule has 98 valence electrons. The number of hydrogen-bond donors (Lipinski definition) is 1. The fraction of sp³-hybridized carbons (Fsp3) is 0.462. The van der Waals surface area contributed by atoms with Gasteiger partial charge in [0.25, 0.3) is 0 Å². The van der Waals surface area contributed by atoms with Crippen LogP contribution in [-0.2, 0) is 4.74 Å². The number of ether oxygens (including phenoxy) is 1. The zero-order chi connectivity index (χ0) is 13.0. The Balaban J connectivity index is 2.13. The SMILES string of the molecule is CCNC(CN1CCOC1=O)c1ccccc1F. The maximum Gasteiger partial charge on any atom is 0.410 e. The van der Waals surface area contributed by atoms with Gasteiger partial charge in [0.15, 0.2) is 0 Å². The molecule has 1 saturated heterocycles. The molecule has 18 heavy (non-hydrogen) atoms. The average Bonchev–Trinajstić information content (AvgIpc) is 2.75. The lowest BCUT2D eigenvalue weighted by Crippen LogP contribution is -2.36. The van der Waals surface area contributed by atoms with E-state index in [1.165, 1.54) is 6.07 Å². The topological polar surface area (TPSA) is 41.6 Å². The van der Waals surface area contributed by atoms with E-state index >= 15 is 0 Å². The first-order chi connectivity index (χ1) is 8.72. The van der Waals surface area contributed by atoms with Crippen LogP contribution in [-0.4, -0.2) is 37.2 Å². The molecule has 1 amide bonds. The lowest BCUT2D eigenvalue weighted by Gasteiger charge is -2.23. The van der Waals surface area contributed by atoms with Crippen LogP contribution in [0, 0.1) is 5.82 Å². The van der Waals surface area contributed by atoms with Crippen molar-refractivity contribution < 1.29 is 13.9 Å². The number of hydrogen-bond acceptors (Lipinski definition) is 3.